The van der Waals surface area contributed by atoms with Gasteiger partial charge in [0.1, 0.15) is 5.75 Å². The van der Waals surface area contributed by atoms with E-state index < -0.39 is 0 Å². The molecule has 24 heavy (non-hydrogen) atoms. The molecule has 0 heterocycles. The van der Waals surface area contributed by atoms with Crippen LogP contribution in [0.3, 0.4) is 0 Å². The van der Waals surface area contributed by atoms with Gasteiger partial charge in [-0.2, -0.15) is 0 Å². The Morgan fingerprint density at radius 1 is 0.875 bits per heavy atom. The van der Waals surface area contributed by atoms with Gasteiger partial charge in [0, 0.05) is 12.1 Å². The molecule has 0 aliphatic carbocycles. The summed E-state index contributed by atoms with van der Waals surface area (Å²) in [5, 5.41) is 2.93. The topological polar surface area (TPSA) is 56.8 Å². The van der Waals surface area contributed by atoms with Crippen molar-refractivity contribution in [2.45, 2.75) is 20.4 Å². The lowest BCUT2D eigenvalue weighted by Crippen LogP contribution is -2.23. The van der Waals surface area contributed by atoms with Crippen molar-refractivity contribution in [3.8, 4) is 17.2 Å². The van der Waals surface area contributed by atoms with Gasteiger partial charge >= 0.3 is 0 Å². The molecular formula is C19H23NO4. The second kappa shape index (κ2) is 7.73. The van der Waals surface area contributed by atoms with E-state index >= 15 is 0 Å². The number of hydrogen-bond acceptors (Lipinski definition) is 4. The number of methoxy groups -OCH3 is 3. The van der Waals surface area contributed by atoms with Gasteiger partial charge < -0.3 is 19.5 Å². The third-order valence-corrected chi connectivity index (χ3v) is 4.15. The standard InChI is InChI=1S/C19H23NO4/c1-12-13(2)16(22-3)8-7-15(12)11-20-19(21)14-6-9-17(23-4)18(10-14)24-5/h6-10H,11H2,1-5H3,(H,20,21). The van der Waals surface area contributed by atoms with Gasteiger partial charge in [-0.25, -0.2) is 0 Å². The van der Waals surface area contributed by atoms with Crippen LogP contribution in [0, 0.1) is 13.8 Å². The van der Waals surface area contributed by atoms with E-state index in [0.717, 1.165) is 22.4 Å². The number of benzene rings is 2. The predicted octanol–water partition coefficient (Wildman–Crippen LogP) is 3.26. The zero-order chi connectivity index (χ0) is 17.7. The molecule has 0 saturated carbocycles. The molecule has 0 spiro atoms. The molecule has 0 bridgehead atoms. The molecule has 128 valence electrons. The molecule has 0 unspecified atom stereocenters. The highest BCUT2D eigenvalue weighted by atomic mass is 16.5. The Hall–Kier alpha value is -2.69. The van der Waals surface area contributed by atoms with Crippen LogP contribution in [0.15, 0.2) is 30.3 Å². The summed E-state index contributed by atoms with van der Waals surface area (Å²) >= 11 is 0. The zero-order valence-electron chi connectivity index (χ0n) is 14.7. The molecule has 0 fully saturated rings. The van der Waals surface area contributed by atoms with Gasteiger partial charge in [0.05, 0.1) is 21.3 Å². The molecular weight excluding hydrogens is 306 g/mol. The van der Waals surface area contributed by atoms with Gasteiger partial charge in [0.15, 0.2) is 11.5 Å². The van der Waals surface area contributed by atoms with Gasteiger partial charge in [-0.1, -0.05) is 6.07 Å². The van der Waals surface area contributed by atoms with Gasteiger partial charge in [-0.3, -0.25) is 4.79 Å². The lowest BCUT2D eigenvalue weighted by Gasteiger charge is -2.14. The van der Waals surface area contributed by atoms with Crippen LogP contribution in [0.5, 0.6) is 17.2 Å². The van der Waals surface area contributed by atoms with Crippen LogP contribution in [-0.4, -0.2) is 27.2 Å². The second-order valence-electron chi connectivity index (χ2n) is 5.43. The maximum Gasteiger partial charge on any atom is 0.251 e. The van der Waals surface area contributed by atoms with Gasteiger partial charge in [0.25, 0.3) is 5.91 Å². The van der Waals surface area contributed by atoms with Crippen molar-refractivity contribution in [2.24, 2.45) is 0 Å². The molecule has 0 aliphatic heterocycles. The van der Waals surface area contributed by atoms with Gasteiger partial charge in [0.2, 0.25) is 0 Å². The fraction of sp³-hybridized carbons (Fsp3) is 0.316. The highest BCUT2D eigenvalue weighted by molar-refractivity contribution is 5.94. The molecule has 5 nitrogen and oxygen atoms in total. The zero-order valence-corrected chi connectivity index (χ0v) is 14.7. The van der Waals surface area contributed by atoms with Crippen LogP contribution in [0.2, 0.25) is 0 Å². The molecule has 2 aromatic rings. The summed E-state index contributed by atoms with van der Waals surface area (Å²) in [4.78, 5) is 12.4. The highest BCUT2D eigenvalue weighted by Gasteiger charge is 2.12. The van der Waals surface area contributed by atoms with Crippen molar-refractivity contribution in [3.63, 3.8) is 0 Å². The third kappa shape index (κ3) is 3.62. The van der Waals surface area contributed by atoms with Crippen LogP contribution in [-0.2, 0) is 6.54 Å². The largest absolute Gasteiger partial charge is 0.496 e. The molecule has 5 heteroatoms. The second-order valence-corrected chi connectivity index (χ2v) is 5.43. The lowest BCUT2D eigenvalue weighted by atomic mass is 10.0. The Balaban J connectivity index is 2.12. The Morgan fingerprint density at radius 2 is 1.50 bits per heavy atom. The monoisotopic (exact) mass is 329 g/mol. The predicted molar refractivity (Wildman–Crippen MR) is 93.2 cm³/mol. The quantitative estimate of drug-likeness (QED) is 0.884. The van der Waals surface area contributed by atoms with E-state index in [2.05, 4.69) is 5.32 Å². The van der Waals surface area contributed by atoms with E-state index in [4.69, 9.17) is 14.2 Å². The van der Waals surface area contributed by atoms with E-state index in [1.165, 1.54) is 0 Å². The Bertz CT molecular complexity index is 740. The van der Waals surface area contributed by atoms with Crippen molar-refractivity contribution in [2.75, 3.05) is 21.3 Å². The number of amides is 1. The SMILES string of the molecule is COc1ccc(C(=O)NCc2ccc(OC)c(C)c2C)cc1OC. The van der Waals surface area contributed by atoms with Crippen molar-refractivity contribution in [1.29, 1.82) is 0 Å². The van der Waals surface area contributed by atoms with Crippen LogP contribution >= 0.6 is 0 Å². The molecule has 0 aromatic heterocycles. The molecule has 1 amide bonds. The summed E-state index contributed by atoms with van der Waals surface area (Å²) < 4.78 is 15.7. The Morgan fingerprint density at radius 3 is 2.12 bits per heavy atom. The van der Waals surface area contributed by atoms with Crippen LogP contribution in [0.25, 0.3) is 0 Å². The molecule has 2 aromatic carbocycles. The van der Waals surface area contributed by atoms with Crippen LogP contribution < -0.4 is 19.5 Å². The lowest BCUT2D eigenvalue weighted by molar-refractivity contribution is 0.0950. The molecule has 1 N–H and O–H groups in total. The van der Waals surface area contributed by atoms with E-state index in [1.54, 1.807) is 39.5 Å². The summed E-state index contributed by atoms with van der Waals surface area (Å²) in [6.07, 6.45) is 0. The van der Waals surface area contributed by atoms with E-state index in [1.807, 2.05) is 26.0 Å². The summed E-state index contributed by atoms with van der Waals surface area (Å²) in [7, 11) is 4.76. The first-order chi connectivity index (χ1) is 11.5. The highest BCUT2D eigenvalue weighted by Crippen LogP contribution is 2.28. The summed E-state index contributed by atoms with van der Waals surface area (Å²) in [5.74, 6) is 1.81. The fourth-order valence-electron chi connectivity index (χ4n) is 2.52. The number of ether oxygens (including phenoxy) is 3. The molecule has 0 saturated heterocycles. The van der Waals surface area contributed by atoms with E-state index in [9.17, 15) is 4.79 Å². The normalized spacial score (nSPS) is 10.2. The maximum atomic E-state index is 12.4. The number of hydrogen-bond donors (Lipinski definition) is 1. The number of carbonyl (C=O) groups is 1. The molecule has 0 aliphatic rings. The summed E-state index contributed by atoms with van der Waals surface area (Å²) in [6.45, 7) is 4.48. The summed E-state index contributed by atoms with van der Waals surface area (Å²) in [6, 6.07) is 8.98. The van der Waals surface area contributed by atoms with Crippen molar-refractivity contribution in [1.82, 2.24) is 5.32 Å². The first kappa shape index (κ1) is 17.7. The number of nitrogens with one attached hydrogen (secondary N) is 1. The van der Waals surface area contributed by atoms with Crippen molar-refractivity contribution >= 4 is 5.91 Å². The van der Waals surface area contributed by atoms with Crippen LogP contribution in [0.4, 0.5) is 0 Å². The number of rotatable bonds is 6. The minimum Gasteiger partial charge on any atom is -0.496 e. The fourth-order valence-corrected chi connectivity index (χ4v) is 2.52. The Kier molecular flexibility index (Phi) is 5.68. The molecule has 0 atom stereocenters. The smallest absolute Gasteiger partial charge is 0.251 e. The average molecular weight is 329 g/mol. The first-order valence-electron chi connectivity index (χ1n) is 7.65. The third-order valence-electron chi connectivity index (χ3n) is 4.15. The minimum atomic E-state index is -0.163. The number of carbonyl (C=O) groups excluding carboxylic acids is 1. The van der Waals surface area contributed by atoms with Gasteiger partial charge in [-0.05, 0) is 54.8 Å². The van der Waals surface area contributed by atoms with E-state index in [0.29, 0.717) is 23.6 Å². The van der Waals surface area contributed by atoms with Gasteiger partial charge in [-0.15, -0.1) is 0 Å². The summed E-state index contributed by atoms with van der Waals surface area (Å²) in [5.41, 5.74) is 3.77. The average Bonchev–Trinajstić information content (AvgIpc) is 2.62. The molecule has 0 radical (unpaired) electrons. The minimum absolute atomic E-state index is 0.163. The molecule has 2 rings (SSSR count). The van der Waals surface area contributed by atoms with E-state index in [-0.39, 0.29) is 5.91 Å². The Labute approximate surface area is 142 Å². The van der Waals surface area contributed by atoms with Crippen molar-refractivity contribution in [3.05, 3.63) is 52.6 Å². The van der Waals surface area contributed by atoms with Crippen LogP contribution in [0.1, 0.15) is 27.0 Å². The van der Waals surface area contributed by atoms with Crippen molar-refractivity contribution < 1.29 is 19.0 Å². The maximum absolute atomic E-state index is 12.4. The first-order valence-corrected chi connectivity index (χ1v) is 7.65.